The summed E-state index contributed by atoms with van der Waals surface area (Å²) < 4.78 is 11.3. The predicted octanol–water partition coefficient (Wildman–Crippen LogP) is 1.98. The number of Topliss-reactive ketones (excluding diaryl/α,β-unsaturated/α-hetero) is 3. The maximum atomic E-state index is 12.5. The van der Waals surface area contributed by atoms with Crippen LogP contribution in [0.2, 0.25) is 0 Å². The van der Waals surface area contributed by atoms with Crippen LogP contribution in [0.25, 0.3) is 0 Å². The van der Waals surface area contributed by atoms with Crippen LogP contribution in [0.1, 0.15) is 48.7 Å². The second-order valence-electron chi connectivity index (χ2n) is 7.02. The van der Waals surface area contributed by atoms with Gasteiger partial charge in [0.1, 0.15) is 34.0 Å². The highest BCUT2D eigenvalue weighted by molar-refractivity contribution is 6.21. The monoisotopic (exact) mass is 376 g/mol. The number of methoxy groups -OCH3 is 1. The molecule has 144 valence electrons. The molecule has 0 aromatic heterocycles. The lowest BCUT2D eigenvalue weighted by Gasteiger charge is -2.43. The number of rotatable bonds is 3. The molecule has 1 aliphatic carbocycles. The Bertz CT molecular complexity index is 957. The Morgan fingerprint density at radius 3 is 2.19 bits per heavy atom. The molecule has 27 heavy (non-hydrogen) atoms. The number of aromatic hydroxyl groups is 2. The molecule has 3 N–H and O–H groups in total. The zero-order chi connectivity index (χ0) is 20.5. The number of benzene rings is 1. The van der Waals surface area contributed by atoms with Gasteiger partial charge in [-0.15, -0.1) is 0 Å². The zero-order valence-electron chi connectivity index (χ0n) is 15.6. The van der Waals surface area contributed by atoms with Gasteiger partial charge in [-0.25, -0.2) is 0 Å². The van der Waals surface area contributed by atoms with Crippen LogP contribution in [0.4, 0.5) is 0 Å². The van der Waals surface area contributed by atoms with E-state index in [1.807, 2.05) is 0 Å². The topological polar surface area (TPSA) is 130 Å². The second-order valence-corrected chi connectivity index (χ2v) is 7.02. The number of carbonyl (C=O) groups is 3. The highest BCUT2D eigenvalue weighted by Crippen LogP contribution is 2.62. The lowest BCUT2D eigenvalue weighted by atomic mass is 9.66. The first-order valence-electron chi connectivity index (χ1n) is 8.26. The van der Waals surface area contributed by atoms with Gasteiger partial charge in [0, 0.05) is 12.7 Å². The summed E-state index contributed by atoms with van der Waals surface area (Å²) in [5, 5.41) is 32.1. The number of carbonyl (C=O) groups excluding carboxylic acids is 3. The Balaban J connectivity index is 2.51. The lowest BCUT2D eigenvalue weighted by Crippen LogP contribution is -2.57. The number of hydrogen-bond donors (Lipinski definition) is 3. The van der Waals surface area contributed by atoms with E-state index in [2.05, 4.69) is 0 Å². The number of ether oxygens (including phenoxy) is 2. The van der Waals surface area contributed by atoms with E-state index in [-0.39, 0.29) is 22.4 Å². The molecule has 0 saturated heterocycles. The van der Waals surface area contributed by atoms with Gasteiger partial charge < -0.3 is 24.8 Å². The third-order valence-electron chi connectivity index (χ3n) is 5.58. The summed E-state index contributed by atoms with van der Waals surface area (Å²) in [4.78, 5) is 36.4. The van der Waals surface area contributed by atoms with Crippen LogP contribution in [0, 0.1) is 6.92 Å². The van der Waals surface area contributed by atoms with Crippen molar-refractivity contribution in [3.05, 3.63) is 28.0 Å². The number of aliphatic hydroxyl groups excluding tert-OH is 1. The molecule has 3 rings (SSSR count). The molecule has 0 radical (unpaired) electrons. The molecule has 8 heteroatoms. The van der Waals surface area contributed by atoms with E-state index in [0.717, 1.165) is 6.92 Å². The van der Waals surface area contributed by atoms with Gasteiger partial charge in [-0.3, -0.25) is 14.4 Å². The first kappa shape index (κ1) is 18.9. The molecule has 0 saturated carbocycles. The average molecular weight is 376 g/mol. The van der Waals surface area contributed by atoms with Gasteiger partial charge in [0.05, 0.1) is 17.6 Å². The minimum absolute atomic E-state index is 0.0106. The molecule has 1 heterocycles. The summed E-state index contributed by atoms with van der Waals surface area (Å²) in [6.45, 7) is 5.24. The van der Waals surface area contributed by atoms with Gasteiger partial charge in [-0.2, -0.15) is 0 Å². The van der Waals surface area contributed by atoms with Crippen molar-refractivity contribution in [3.8, 4) is 17.2 Å². The zero-order valence-corrected chi connectivity index (χ0v) is 15.6. The summed E-state index contributed by atoms with van der Waals surface area (Å²) in [6.07, 6.45) is -0.400. The summed E-state index contributed by atoms with van der Waals surface area (Å²) >= 11 is 0. The molecule has 0 unspecified atom stereocenters. The largest absolute Gasteiger partial charge is 0.510 e. The van der Waals surface area contributed by atoms with E-state index in [4.69, 9.17) is 9.47 Å². The van der Waals surface area contributed by atoms with Crippen molar-refractivity contribution in [1.82, 2.24) is 0 Å². The van der Waals surface area contributed by atoms with E-state index in [1.54, 1.807) is 0 Å². The molecule has 0 spiro atoms. The van der Waals surface area contributed by atoms with Gasteiger partial charge in [-0.1, -0.05) is 0 Å². The minimum Gasteiger partial charge on any atom is -0.510 e. The van der Waals surface area contributed by atoms with E-state index in [1.165, 1.54) is 27.9 Å². The SMILES string of the molecule is CO[C@]12CC(=O)C(C(C)=O)=C(O)[C@]1(C)c1c(O)c(C(C)=O)c(O)c(C)c1O2. The van der Waals surface area contributed by atoms with Gasteiger partial charge in [-0.05, 0) is 27.7 Å². The summed E-state index contributed by atoms with van der Waals surface area (Å²) in [5.41, 5.74) is -2.27. The van der Waals surface area contributed by atoms with Gasteiger partial charge in [0.2, 0.25) is 5.79 Å². The molecule has 0 bridgehead atoms. The minimum atomic E-state index is -1.75. The Morgan fingerprint density at radius 1 is 1.11 bits per heavy atom. The van der Waals surface area contributed by atoms with Crippen molar-refractivity contribution in [2.75, 3.05) is 7.11 Å². The number of ketones is 3. The Morgan fingerprint density at radius 2 is 1.70 bits per heavy atom. The Hall–Kier alpha value is -2.87. The predicted molar refractivity (Wildman–Crippen MR) is 92.2 cm³/mol. The highest BCUT2D eigenvalue weighted by Gasteiger charge is 2.67. The van der Waals surface area contributed by atoms with Crippen molar-refractivity contribution >= 4 is 17.3 Å². The normalized spacial score (nSPS) is 26.5. The highest BCUT2D eigenvalue weighted by atomic mass is 16.7. The summed E-state index contributed by atoms with van der Waals surface area (Å²) in [7, 11) is 1.27. The number of phenolic OH excluding ortho intramolecular Hbond substituents is 2. The van der Waals surface area contributed by atoms with E-state index < -0.39 is 57.8 Å². The number of phenols is 2. The van der Waals surface area contributed by atoms with E-state index >= 15 is 0 Å². The number of allylic oxidation sites excluding steroid dienone is 1. The van der Waals surface area contributed by atoms with Crippen LogP contribution in [0.3, 0.4) is 0 Å². The molecule has 1 aromatic carbocycles. The van der Waals surface area contributed by atoms with Crippen LogP contribution in [-0.2, 0) is 19.7 Å². The first-order chi connectivity index (χ1) is 12.4. The molecular weight excluding hydrogens is 356 g/mol. The fourth-order valence-electron chi connectivity index (χ4n) is 4.08. The fraction of sp³-hybridized carbons (Fsp3) is 0.421. The maximum Gasteiger partial charge on any atom is 0.234 e. The van der Waals surface area contributed by atoms with Crippen molar-refractivity contribution in [2.24, 2.45) is 0 Å². The molecular formula is C19H20O8. The lowest BCUT2D eigenvalue weighted by molar-refractivity contribution is -0.199. The van der Waals surface area contributed by atoms with Crippen molar-refractivity contribution in [1.29, 1.82) is 0 Å². The number of hydrogen-bond acceptors (Lipinski definition) is 8. The fourth-order valence-corrected chi connectivity index (χ4v) is 4.08. The van der Waals surface area contributed by atoms with Gasteiger partial charge in [0.15, 0.2) is 17.3 Å². The van der Waals surface area contributed by atoms with Crippen LogP contribution in [0.15, 0.2) is 11.3 Å². The van der Waals surface area contributed by atoms with Crippen molar-refractivity contribution in [3.63, 3.8) is 0 Å². The molecule has 0 amide bonds. The molecule has 2 atom stereocenters. The molecule has 1 aliphatic heterocycles. The second kappa shape index (κ2) is 5.56. The Labute approximate surface area is 155 Å². The molecule has 1 aromatic rings. The number of fused-ring (bicyclic) bond motifs is 3. The van der Waals surface area contributed by atoms with Crippen LogP contribution < -0.4 is 4.74 Å². The average Bonchev–Trinajstić information content (AvgIpc) is 2.83. The van der Waals surface area contributed by atoms with Crippen LogP contribution >= 0.6 is 0 Å². The third-order valence-corrected chi connectivity index (χ3v) is 5.58. The van der Waals surface area contributed by atoms with E-state index in [9.17, 15) is 29.7 Å². The van der Waals surface area contributed by atoms with Crippen molar-refractivity contribution < 1.29 is 39.2 Å². The number of aliphatic hydroxyl groups is 1. The smallest absolute Gasteiger partial charge is 0.234 e. The molecule has 8 nitrogen and oxygen atoms in total. The Kier molecular flexibility index (Phi) is 3.89. The standard InChI is InChI=1S/C19H20O8/c1-7-14(23)12(9(3)21)15(24)13-16(7)27-19(26-5)6-10(22)11(8(2)20)17(25)18(13,19)4/h23-25H,6H2,1-5H3/t18-,19-/m0/s1. The van der Waals surface area contributed by atoms with Gasteiger partial charge in [0.25, 0.3) is 0 Å². The van der Waals surface area contributed by atoms with Gasteiger partial charge >= 0.3 is 0 Å². The van der Waals surface area contributed by atoms with E-state index in [0.29, 0.717) is 0 Å². The molecule has 0 fully saturated rings. The van der Waals surface area contributed by atoms with Crippen molar-refractivity contribution in [2.45, 2.75) is 45.3 Å². The molecule has 2 aliphatic rings. The van der Waals surface area contributed by atoms with Crippen LogP contribution in [-0.4, -0.2) is 45.6 Å². The summed E-state index contributed by atoms with van der Waals surface area (Å²) in [6, 6.07) is 0. The third kappa shape index (κ3) is 2.04. The summed E-state index contributed by atoms with van der Waals surface area (Å²) in [5.74, 6) is -5.33. The van der Waals surface area contributed by atoms with Crippen LogP contribution in [0.5, 0.6) is 17.2 Å². The quantitative estimate of drug-likeness (QED) is 0.539. The first-order valence-corrected chi connectivity index (χ1v) is 8.26. The maximum absolute atomic E-state index is 12.5.